The molecule has 23 heavy (non-hydrogen) atoms. The van der Waals surface area contributed by atoms with Gasteiger partial charge in [0.05, 0.1) is 10.0 Å². The Morgan fingerprint density at radius 1 is 0.870 bits per heavy atom. The molecule has 1 aromatic heterocycles. The standard InChI is InChI=1S/C18H12Cl2N2O/c19-15-8-6-13(10-16(15)20)14-7-9-17(21-11-14)22-18(23)12-4-2-1-3-5-12/h1-11H,(H,21,22,23). The van der Waals surface area contributed by atoms with Crippen LogP contribution in [0.15, 0.2) is 66.9 Å². The Balaban J connectivity index is 1.77. The number of hydrogen-bond acceptors (Lipinski definition) is 2. The molecule has 0 spiro atoms. The van der Waals surface area contributed by atoms with Gasteiger partial charge in [-0.2, -0.15) is 0 Å². The minimum Gasteiger partial charge on any atom is -0.307 e. The molecule has 0 aliphatic rings. The molecular formula is C18H12Cl2N2O. The Bertz CT molecular complexity index is 833. The molecule has 0 saturated heterocycles. The van der Waals surface area contributed by atoms with Crippen LogP contribution in [0.1, 0.15) is 10.4 Å². The number of rotatable bonds is 3. The molecule has 2 aromatic carbocycles. The number of pyridine rings is 1. The lowest BCUT2D eigenvalue weighted by molar-refractivity contribution is 0.102. The van der Waals surface area contributed by atoms with E-state index < -0.39 is 0 Å². The lowest BCUT2D eigenvalue weighted by atomic mass is 10.1. The minimum absolute atomic E-state index is 0.194. The molecule has 0 aliphatic carbocycles. The van der Waals surface area contributed by atoms with E-state index >= 15 is 0 Å². The number of nitrogens with zero attached hydrogens (tertiary/aromatic N) is 1. The molecule has 0 aliphatic heterocycles. The maximum atomic E-state index is 12.1. The highest BCUT2D eigenvalue weighted by molar-refractivity contribution is 6.42. The van der Waals surface area contributed by atoms with Crippen LogP contribution in [-0.2, 0) is 0 Å². The zero-order valence-electron chi connectivity index (χ0n) is 12.0. The summed E-state index contributed by atoms with van der Waals surface area (Å²) in [4.78, 5) is 16.3. The topological polar surface area (TPSA) is 42.0 Å². The Morgan fingerprint density at radius 3 is 2.26 bits per heavy atom. The SMILES string of the molecule is O=C(Nc1ccc(-c2ccc(Cl)c(Cl)c2)cn1)c1ccccc1. The maximum Gasteiger partial charge on any atom is 0.256 e. The van der Waals surface area contributed by atoms with Crippen LogP contribution in [0.25, 0.3) is 11.1 Å². The van der Waals surface area contributed by atoms with Crippen LogP contribution < -0.4 is 5.32 Å². The highest BCUT2D eigenvalue weighted by Gasteiger charge is 2.07. The molecule has 0 radical (unpaired) electrons. The molecule has 1 amide bonds. The third-order valence-corrected chi connectivity index (χ3v) is 4.03. The highest BCUT2D eigenvalue weighted by atomic mass is 35.5. The number of carbonyl (C=O) groups is 1. The summed E-state index contributed by atoms with van der Waals surface area (Å²) < 4.78 is 0. The van der Waals surface area contributed by atoms with Crippen molar-refractivity contribution < 1.29 is 4.79 Å². The molecule has 3 rings (SSSR count). The Labute approximate surface area is 143 Å². The van der Waals surface area contributed by atoms with E-state index in [0.717, 1.165) is 11.1 Å². The molecule has 0 unspecified atom stereocenters. The molecule has 5 heteroatoms. The largest absolute Gasteiger partial charge is 0.307 e. The Kier molecular flexibility index (Phi) is 4.60. The summed E-state index contributed by atoms with van der Waals surface area (Å²) in [6.45, 7) is 0. The molecule has 0 atom stereocenters. The maximum absolute atomic E-state index is 12.1. The molecule has 3 aromatic rings. The fraction of sp³-hybridized carbons (Fsp3) is 0. The first-order chi connectivity index (χ1) is 11.1. The van der Waals surface area contributed by atoms with E-state index in [2.05, 4.69) is 10.3 Å². The van der Waals surface area contributed by atoms with Gasteiger partial charge in [-0.05, 0) is 42.0 Å². The predicted octanol–water partition coefficient (Wildman–Crippen LogP) is 5.31. The second-order valence-corrected chi connectivity index (χ2v) is 5.70. The van der Waals surface area contributed by atoms with Crippen molar-refractivity contribution in [3.05, 3.63) is 82.5 Å². The van der Waals surface area contributed by atoms with Crippen molar-refractivity contribution in [2.75, 3.05) is 5.32 Å². The van der Waals surface area contributed by atoms with Crippen LogP contribution in [0.4, 0.5) is 5.82 Å². The van der Waals surface area contributed by atoms with Crippen molar-refractivity contribution in [1.29, 1.82) is 0 Å². The average molecular weight is 343 g/mol. The first-order valence-electron chi connectivity index (χ1n) is 6.91. The van der Waals surface area contributed by atoms with E-state index in [0.29, 0.717) is 21.4 Å². The van der Waals surface area contributed by atoms with Gasteiger partial charge in [0.2, 0.25) is 0 Å². The molecular weight excluding hydrogens is 331 g/mol. The summed E-state index contributed by atoms with van der Waals surface area (Å²) in [7, 11) is 0. The summed E-state index contributed by atoms with van der Waals surface area (Å²) in [6.07, 6.45) is 1.68. The van der Waals surface area contributed by atoms with Gasteiger partial charge in [-0.3, -0.25) is 4.79 Å². The van der Waals surface area contributed by atoms with Gasteiger partial charge in [-0.1, -0.05) is 47.5 Å². The third-order valence-electron chi connectivity index (χ3n) is 3.29. The lowest BCUT2D eigenvalue weighted by Gasteiger charge is -2.07. The Hall–Kier alpha value is -2.36. The monoisotopic (exact) mass is 342 g/mol. The fourth-order valence-electron chi connectivity index (χ4n) is 2.09. The number of anilines is 1. The van der Waals surface area contributed by atoms with Crippen molar-refractivity contribution in [3.8, 4) is 11.1 Å². The number of nitrogens with one attached hydrogen (secondary N) is 1. The number of carbonyl (C=O) groups excluding carboxylic acids is 1. The van der Waals surface area contributed by atoms with Gasteiger partial charge in [0.1, 0.15) is 5.82 Å². The van der Waals surface area contributed by atoms with Crippen LogP contribution in [-0.4, -0.2) is 10.9 Å². The molecule has 3 nitrogen and oxygen atoms in total. The van der Waals surface area contributed by atoms with Crippen molar-refractivity contribution in [3.63, 3.8) is 0 Å². The molecule has 1 N–H and O–H groups in total. The summed E-state index contributed by atoms with van der Waals surface area (Å²) in [5.74, 6) is 0.294. The number of hydrogen-bond donors (Lipinski definition) is 1. The fourth-order valence-corrected chi connectivity index (χ4v) is 2.39. The summed E-state index contributed by atoms with van der Waals surface area (Å²) in [6, 6.07) is 18.0. The first-order valence-corrected chi connectivity index (χ1v) is 7.67. The van der Waals surface area contributed by atoms with Crippen molar-refractivity contribution >= 4 is 34.9 Å². The Morgan fingerprint density at radius 2 is 1.61 bits per heavy atom. The second-order valence-electron chi connectivity index (χ2n) is 4.88. The van der Waals surface area contributed by atoms with E-state index in [1.165, 1.54) is 0 Å². The van der Waals surface area contributed by atoms with E-state index in [-0.39, 0.29) is 5.91 Å². The van der Waals surface area contributed by atoms with E-state index in [1.54, 1.807) is 36.5 Å². The smallest absolute Gasteiger partial charge is 0.256 e. The number of benzene rings is 2. The van der Waals surface area contributed by atoms with Crippen LogP contribution in [0, 0.1) is 0 Å². The first kappa shape index (κ1) is 15.5. The summed E-state index contributed by atoms with van der Waals surface area (Å²) in [5.41, 5.74) is 2.39. The van der Waals surface area contributed by atoms with Crippen molar-refractivity contribution in [2.45, 2.75) is 0 Å². The van der Waals surface area contributed by atoms with Crippen LogP contribution in [0.2, 0.25) is 10.0 Å². The quantitative estimate of drug-likeness (QED) is 0.700. The molecule has 114 valence electrons. The molecule has 0 saturated carbocycles. The zero-order valence-corrected chi connectivity index (χ0v) is 13.5. The molecule has 0 fully saturated rings. The van der Waals surface area contributed by atoms with Gasteiger partial charge in [0.25, 0.3) is 5.91 Å². The highest BCUT2D eigenvalue weighted by Crippen LogP contribution is 2.28. The lowest BCUT2D eigenvalue weighted by Crippen LogP contribution is -2.12. The second kappa shape index (κ2) is 6.82. The minimum atomic E-state index is -0.194. The summed E-state index contributed by atoms with van der Waals surface area (Å²) in [5, 5.41) is 3.76. The zero-order chi connectivity index (χ0) is 16.2. The van der Waals surface area contributed by atoms with Crippen LogP contribution in [0.5, 0.6) is 0 Å². The van der Waals surface area contributed by atoms with Gasteiger partial charge < -0.3 is 5.32 Å². The van der Waals surface area contributed by atoms with Gasteiger partial charge in [-0.25, -0.2) is 4.98 Å². The molecule has 0 bridgehead atoms. The van der Waals surface area contributed by atoms with Crippen LogP contribution >= 0.6 is 23.2 Å². The van der Waals surface area contributed by atoms with Crippen LogP contribution in [0.3, 0.4) is 0 Å². The van der Waals surface area contributed by atoms with E-state index in [4.69, 9.17) is 23.2 Å². The van der Waals surface area contributed by atoms with Gasteiger partial charge in [0, 0.05) is 17.3 Å². The number of aromatic nitrogens is 1. The van der Waals surface area contributed by atoms with Gasteiger partial charge in [0.15, 0.2) is 0 Å². The third kappa shape index (κ3) is 3.70. The number of halogens is 2. The summed E-state index contributed by atoms with van der Waals surface area (Å²) >= 11 is 11.9. The van der Waals surface area contributed by atoms with E-state index in [1.807, 2.05) is 30.3 Å². The van der Waals surface area contributed by atoms with E-state index in [9.17, 15) is 4.79 Å². The predicted molar refractivity (Wildman–Crippen MR) is 94.1 cm³/mol. The van der Waals surface area contributed by atoms with Gasteiger partial charge in [-0.15, -0.1) is 0 Å². The molecule has 1 heterocycles. The number of amides is 1. The van der Waals surface area contributed by atoms with Gasteiger partial charge >= 0.3 is 0 Å². The normalized spacial score (nSPS) is 10.3. The van der Waals surface area contributed by atoms with Crippen molar-refractivity contribution in [1.82, 2.24) is 4.98 Å². The van der Waals surface area contributed by atoms with Crippen molar-refractivity contribution in [2.24, 2.45) is 0 Å². The average Bonchev–Trinajstić information content (AvgIpc) is 2.59.